The van der Waals surface area contributed by atoms with Crippen molar-refractivity contribution in [1.29, 1.82) is 0 Å². The van der Waals surface area contributed by atoms with Crippen LogP contribution in [-0.2, 0) is 4.79 Å². The van der Waals surface area contributed by atoms with Crippen molar-refractivity contribution in [1.82, 2.24) is 4.90 Å². The Labute approximate surface area is 105 Å². The average molecular weight is 241 g/mol. The van der Waals surface area contributed by atoms with Crippen LogP contribution in [0.15, 0.2) is 0 Å². The first kappa shape index (κ1) is 14.5. The van der Waals surface area contributed by atoms with Gasteiger partial charge in [0.1, 0.15) is 5.54 Å². The number of aliphatic carboxylic acids is 1. The molecule has 0 aromatic carbocycles. The van der Waals surface area contributed by atoms with E-state index in [0.717, 1.165) is 44.6 Å². The summed E-state index contributed by atoms with van der Waals surface area (Å²) >= 11 is 0. The van der Waals surface area contributed by atoms with E-state index in [1.807, 2.05) is 7.05 Å². The van der Waals surface area contributed by atoms with Crippen LogP contribution in [0.4, 0.5) is 0 Å². The van der Waals surface area contributed by atoms with Gasteiger partial charge in [-0.25, -0.2) is 0 Å². The fourth-order valence-corrected chi connectivity index (χ4v) is 3.16. The lowest BCUT2D eigenvalue weighted by Gasteiger charge is -2.43. The summed E-state index contributed by atoms with van der Waals surface area (Å²) in [7, 11) is 1.97. The lowest BCUT2D eigenvalue weighted by Crippen LogP contribution is -2.55. The summed E-state index contributed by atoms with van der Waals surface area (Å²) in [5, 5.41) is 9.56. The summed E-state index contributed by atoms with van der Waals surface area (Å²) in [6.45, 7) is 5.20. The highest BCUT2D eigenvalue weighted by Crippen LogP contribution is 2.38. The van der Waals surface area contributed by atoms with Gasteiger partial charge in [-0.15, -0.1) is 0 Å². The zero-order valence-electron chi connectivity index (χ0n) is 11.5. The van der Waals surface area contributed by atoms with Gasteiger partial charge in [0, 0.05) is 0 Å². The van der Waals surface area contributed by atoms with Crippen LogP contribution >= 0.6 is 0 Å². The minimum atomic E-state index is -0.622. The van der Waals surface area contributed by atoms with Gasteiger partial charge >= 0.3 is 5.97 Å². The molecule has 0 aliphatic heterocycles. The van der Waals surface area contributed by atoms with E-state index < -0.39 is 11.5 Å². The normalized spacial score (nSPS) is 29.5. The minimum Gasteiger partial charge on any atom is -0.480 e. The molecule has 0 amide bonds. The van der Waals surface area contributed by atoms with Gasteiger partial charge in [-0.1, -0.05) is 26.7 Å². The molecule has 0 unspecified atom stereocenters. The van der Waals surface area contributed by atoms with E-state index in [0.29, 0.717) is 0 Å². The SMILES string of the molecule is CCCC1CCC(C(=O)O)(N(C)CCC)CC1. The van der Waals surface area contributed by atoms with Crippen molar-refractivity contribution in [3.05, 3.63) is 0 Å². The van der Waals surface area contributed by atoms with Crippen LogP contribution in [0.5, 0.6) is 0 Å². The molecule has 17 heavy (non-hydrogen) atoms. The van der Waals surface area contributed by atoms with Gasteiger partial charge in [0.2, 0.25) is 0 Å². The molecule has 1 rings (SSSR count). The first-order chi connectivity index (χ1) is 8.06. The van der Waals surface area contributed by atoms with Crippen molar-refractivity contribution in [3.8, 4) is 0 Å². The van der Waals surface area contributed by atoms with Crippen LogP contribution in [0.1, 0.15) is 58.8 Å². The molecule has 100 valence electrons. The van der Waals surface area contributed by atoms with E-state index in [-0.39, 0.29) is 0 Å². The Hall–Kier alpha value is -0.570. The number of carboxylic acid groups (broad SMARTS) is 1. The second kappa shape index (κ2) is 6.39. The van der Waals surface area contributed by atoms with Crippen LogP contribution < -0.4 is 0 Å². The quantitative estimate of drug-likeness (QED) is 0.776. The van der Waals surface area contributed by atoms with E-state index in [2.05, 4.69) is 18.7 Å². The first-order valence-electron chi connectivity index (χ1n) is 7.01. The van der Waals surface area contributed by atoms with E-state index >= 15 is 0 Å². The molecule has 1 N–H and O–H groups in total. The van der Waals surface area contributed by atoms with Gasteiger partial charge in [0.05, 0.1) is 0 Å². The summed E-state index contributed by atoms with van der Waals surface area (Å²) < 4.78 is 0. The van der Waals surface area contributed by atoms with Crippen LogP contribution in [0, 0.1) is 5.92 Å². The minimum absolute atomic E-state index is 0.583. The predicted molar refractivity (Wildman–Crippen MR) is 70.2 cm³/mol. The maximum absolute atomic E-state index is 11.6. The fourth-order valence-electron chi connectivity index (χ4n) is 3.16. The second-order valence-electron chi connectivity index (χ2n) is 5.49. The molecule has 1 fully saturated rings. The fraction of sp³-hybridized carbons (Fsp3) is 0.929. The van der Waals surface area contributed by atoms with Gasteiger partial charge in [-0.3, -0.25) is 9.69 Å². The summed E-state index contributed by atoms with van der Waals surface area (Å²) in [5.74, 6) is 0.130. The second-order valence-corrected chi connectivity index (χ2v) is 5.49. The molecule has 1 aliphatic rings. The number of rotatable bonds is 6. The van der Waals surface area contributed by atoms with E-state index in [1.54, 1.807) is 0 Å². The van der Waals surface area contributed by atoms with E-state index in [1.165, 1.54) is 12.8 Å². The molecule has 0 saturated heterocycles. The Bertz CT molecular complexity index is 245. The van der Waals surface area contributed by atoms with Crippen LogP contribution in [0.3, 0.4) is 0 Å². The van der Waals surface area contributed by atoms with Crippen molar-refractivity contribution < 1.29 is 9.90 Å². The Balaban J connectivity index is 2.66. The van der Waals surface area contributed by atoms with Crippen molar-refractivity contribution in [2.24, 2.45) is 5.92 Å². The third-order valence-corrected chi connectivity index (χ3v) is 4.32. The molecule has 0 spiro atoms. The summed E-state index contributed by atoms with van der Waals surface area (Å²) in [6.07, 6.45) is 7.29. The monoisotopic (exact) mass is 241 g/mol. The molecule has 1 saturated carbocycles. The number of carboxylic acids is 1. The summed E-state index contributed by atoms with van der Waals surface area (Å²) in [6, 6.07) is 0. The van der Waals surface area contributed by atoms with Crippen LogP contribution in [0.2, 0.25) is 0 Å². The summed E-state index contributed by atoms with van der Waals surface area (Å²) in [5.41, 5.74) is -0.583. The molecule has 0 heterocycles. The molecule has 0 bridgehead atoms. The third kappa shape index (κ3) is 3.21. The molecule has 1 aliphatic carbocycles. The Morgan fingerprint density at radius 3 is 2.29 bits per heavy atom. The molecule has 3 heteroatoms. The standard InChI is InChI=1S/C14H27NO2/c1-4-6-12-7-9-14(10-8-12,13(16)17)15(3)11-5-2/h12H,4-11H2,1-3H3,(H,16,17). The predicted octanol–water partition coefficient (Wildman–Crippen LogP) is 3.14. The van der Waals surface area contributed by atoms with Gasteiger partial charge in [-0.2, -0.15) is 0 Å². The Morgan fingerprint density at radius 1 is 1.29 bits per heavy atom. The zero-order valence-corrected chi connectivity index (χ0v) is 11.5. The van der Waals surface area contributed by atoms with Crippen molar-refractivity contribution >= 4 is 5.97 Å². The van der Waals surface area contributed by atoms with Crippen molar-refractivity contribution in [2.75, 3.05) is 13.6 Å². The highest BCUT2D eigenvalue weighted by molar-refractivity contribution is 5.78. The number of hydrogen-bond donors (Lipinski definition) is 1. The topological polar surface area (TPSA) is 40.5 Å². The molecular formula is C14H27NO2. The maximum atomic E-state index is 11.6. The smallest absolute Gasteiger partial charge is 0.324 e. The molecular weight excluding hydrogens is 214 g/mol. The highest BCUT2D eigenvalue weighted by Gasteiger charge is 2.44. The first-order valence-corrected chi connectivity index (χ1v) is 7.01. The third-order valence-electron chi connectivity index (χ3n) is 4.32. The average Bonchev–Trinajstić information content (AvgIpc) is 2.30. The van der Waals surface area contributed by atoms with Gasteiger partial charge in [-0.05, 0) is 51.6 Å². The molecule has 0 aromatic heterocycles. The Morgan fingerprint density at radius 2 is 1.88 bits per heavy atom. The Kier molecular flexibility index (Phi) is 5.44. The van der Waals surface area contributed by atoms with Crippen LogP contribution in [-0.4, -0.2) is 35.1 Å². The molecule has 0 radical (unpaired) electrons. The van der Waals surface area contributed by atoms with Gasteiger partial charge in [0.25, 0.3) is 0 Å². The van der Waals surface area contributed by atoms with E-state index in [4.69, 9.17) is 0 Å². The van der Waals surface area contributed by atoms with Gasteiger partial charge < -0.3 is 5.11 Å². The molecule has 3 nitrogen and oxygen atoms in total. The number of carbonyl (C=O) groups is 1. The number of hydrogen-bond acceptors (Lipinski definition) is 2. The van der Waals surface area contributed by atoms with Crippen LogP contribution in [0.25, 0.3) is 0 Å². The largest absolute Gasteiger partial charge is 0.480 e. The highest BCUT2D eigenvalue weighted by atomic mass is 16.4. The number of nitrogens with zero attached hydrogens (tertiary/aromatic N) is 1. The molecule has 0 aromatic rings. The lowest BCUT2D eigenvalue weighted by molar-refractivity contribution is -0.154. The van der Waals surface area contributed by atoms with Crippen molar-refractivity contribution in [3.63, 3.8) is 0 Å². The van der Waals surface area contributed by atoms with E-state index in [9.17, 15) is 9.90 Å². The summed E-state index contributed by atoms with van der Waals surface area (Å²) in [4.78, 5) is 13.7. The van der Waals surface area contributed by atoms with Crippen molar-refractivity contribution in [2.45, 2.75) is 64.3 Å². The lowest BCUT2D eigenvalue weighted by atomic mass is 9.74. The molecule has 0 atom stereocenters. The number of likely N-dealkylation sites (N-methyl/N-ethyl adjacent to an activating group) is 1. The van der Waals surface area contributed by atoms with Gasteiger partial charge in [0.15, 0.2) is 0 Å². The maximum Gasteiger partial charge on any atom is 0.324 e. The zero-order chi connectivity index (χ0) is 12.9.